The molecule has 19 nitrogen and oxygen atoms in total. The van der Waals surface area contributed by atoms with E-state index in [1.54, 1.807) is 28.4 Å². The number of hydrogen-bond donors (Lipinski definition) is 0. The molecular weight excluding hydrogens is 1130 g/mol. The Morgan fingerprint density at radius 2 is 0.586 bits per heavy atom. The number of nitrogens with zero attached hydrogens (tertiary/aromatic N) is 3. The molecule has 0 bridgehead atoms. The van der Waals surface area contributed by atoms with E-state index in [4.69, 9.17) is 75.8 Å². The van der Waals surface area contributed by atoms with E-state index in [1.807, 2.05) is 91.7 Å². The maximum atomic E-state index is 6.22. The van der Waals surface area contributed by atoms with Gasteiger partial charge in [0.15, 0.2) is 0 Å². The van der Waals surface area contributed by atoms with Gasteiger partial charge in [0, 0.05) is 81.0 Å². The van der Waals surface area contributed by atoms with Crippen molar-refractivity contribution in [3.8, 4) is 70.0 Å². The summed E-state index contributed by atoms with van der Waals surface area (Å²) in [6.45, 7) is 22.4. The molecule has 0 atom stereocenters. The molecule has 4 aromatic carbocycles. The molecule has 0 fully saturated rings. The van der Waals surface area contributed by atoms with Crippen molar-refractivity contribution < 1.29 is 75.8 Å². The first-order valence-electron chi connectivity index (χ1n) is 29.5. The molecule has 0 aliphatic rings. The Morgan fingerprint density at radius 3 is 0.897 bits per heavy atom. The zero-order valence-electron chi connectivity index (χ0n) is 52.7. The minimum Gasteiger partial charge on any atom is -0.491 e. The lowest BCUT2D eigenvalue weighted by Crippen LogP contribution is -2.16. The predicted octanol–water partition coefficient (Wildman–Crippen LogP) is 8.69. The average Bonchev–Trinajstić information content (AvgIpc) is 3.60. The SMILES string of the molecule is CCN(CC)N=Nc1cc(OCCOCCOCCOC)ccc1C#Cc1cc(OCCOCCOCCOC)ccc1C#Cc1cc(OCCOCCOCCOC)ccc1C#Cc1cc(OCCOCCOCCOC)ccc1C#C[Si](C)(C)C. The monoisotopic (exact) mass is 1220 g/mol. The maximum absolute atomic E-state index is 6.22. The summed E-state index contributed by atoms with van der Waals surface area (Å²) in [6, 6.07) is 22.6. The maximum Gasteiger partial charge on any atom is 0.129 e. The molecule has 0 aliphatic carbocycles. The van der Waals surface area contributed by atoms with Crippen molar-refractivity contribution in [1.29, 1.82) is 0 Å². The summed E-state index contributed by atoms with van der Waals surface area (Å²) in [5.74, 6) is 26.3. The van der Waals surface area contributed by atoms with E-state index in [9.17, 15) is 0 Å². The highest BCUT2D eigenvalue weighted by atomic mass is 28.3. The van der Waals surface area contributed by atoms with Crippen LogP contribution in [0.3, 0.4) is 0 Å². The van der Waals surface area contributed by atoms with Crippen LogP contribution in [0, 0.1) is 47.0 Å². The molecule has 4 rings (SSSR count). The molecule has 0 saturated heterocycles. The Bertz CT molecular complexity index is 2830. The van der Waals surface area contributed by atoms with Crippen LogP contribution in [0.15, 0.2) is 83.1 Å². The normalized spacial score (nSPS) is 11.0. The first-order valence-corrected chi connectivity index (χ1v) is 33.0. The highest BCUT2D eigenvalue weighted by Gasteiger charge is 2.11. The second kappa shape index (κ2) is 46.6. The van der Waals surface area contributed by atoms with Crippen LogP contribution in [-0.2, 0) is 56.8 Å². The molecule has 474 valence electrons. The van der Waals surface area contributed by atoms with Crippen LogP contribution in [0.1, 0.15) is 52.8 Å². The summed E-state index contributed by atoms with van der Waals surface area (Å²) in [4.78, 5) is 0. The minimum atomic E-state index is -1.75. The molecule has 0 radical (unpaired) electrons. The molecule has 0 N–H and O–H groups in total. The van der Waals surface area contributed by atoms with Crippen molar-refractivity contribution in [2.45, 2.75) is 33.5 Å². The fourth-order valence-electron chi connectivity index (χ4n) is 7.12. The highest BCUT2D eigenvalue weighted by molar-refractivity contribution is 6.83. The summed E-state index contributed by atoms with van der Waals surface area (Å²) in [5.41, 5.74) is 8.68. The summed E-state index contributed by atoms with van der Waals surface area (Å²) in [7, 11) is 4.80. The zero-order valence-corrected chi connectivity index (χ0v) is 53.7. The Balaban J connectivity index is 1.75. The molecule has 0 aromatic heterocycles. The third-order valence-corrected chi connectivity index (χ3v) is 12.6. The van der Waals surface area contributed by atoms with Crippen LogP contribution in [0.5, 0.6) is 23.0 Å². The van der Waals surface area contributed by atoms with Gasteiger partial charge in [-0.05, 0) is 80.6 Å². The van der Waals surface area contributed by atoms with Crippen molar-refractivity contribution in [1.82, 2.24) is 5.01 Å². The van der Waals surface area contributed by atoms with Crippen molar-refractivity contribution in [2.24, 2.45) is 10.3 Å². The lowest BCUT2D eigenvalue weighted by Gasteiger charge is -2.12. The topological polar surface area (TPSA) is 176 Å². The quantitative estimate of drug-likeness (QED) is 0.0135. The average molecular weight is 1220 g/mol. The van der Waals surface area contributed by atoms with Gasteiger partial charge in [0.05, 0.1) is 138 Å². The summed E-state index contributed by atoms with van der Waals surface area (Å²) < 4.78 is 89.9. The molecule has 0 heterocycles. The first-order chi connectivity index (χ1) is 42.6. The zero-order chi connectivity index (χ0) is 62.3. The number of ether oxygens (including phenoxy) is 16. The molecule has 0 unspecified atom stereocenters. The van der Waals surface area contributed by atoms with E-state index in [0.717, 1.165) is 5.56 Å². The molecule has 0 saturated carbocycles. The lowest BCUT2D eigenvalue weighted by atomic mass is 10.0. The summed E-state index contributed by atoms with van der Waals surface area (Å²) >= 11 is 0. The van der Waals surface area contributed by atoms with Crippen LogP contribution in [0.4, 0.5) is 5.69 Å². The first kappa shape index (κ1) is 72.9. The molecule has 0 spiro atoms. The van der Waals surface area contributed by atoms with E-state index in [2.05, 4.69) is 77.0 Å². The summed E-state index contributed by atoms with van der Waals surface area (Å²) in [6.07, 6.45) is 0. The molecule has 0 amide bonds. The number of methoxy groups -OCH3 is 4. The second-order valence-electron chi connectivity index (χ2n) is 19.6. The molecule has 87 heavy (non-hydrogen) atoms. The van der Waals surface area contributed by atoms with E-state index < -0.39 is 8.07 Å². The Labute approximate surface area is 518 Å². The minimum absolute atomic E-state index is 0.295. The van der Waals surface area contributed by atoms with Gasteiger partial charge in [-0.25, -0.2) is 0 Å². The smallest absolute Gasteiger partial charge is 0.129 e. The Hall–Kier alpha value is -6.54. The van der Waals surface area contributed by atoms with Crippen molar-refractivity contribution >= 4 is 13.8 Å². The van der Waals surface area contributed by atoms with Gasteiger partial charge in [0.2, 0.25) is 0 Å². The molecule has 4 aromatic rings. The third kappa shape index (κ3) is 33.4. The Morgan fingerprint density at radius 1 is 0.322 bits per heavy atom. The molecule has 20 heteroatoms. The van der Waals surface area contributed by atoms with Gasteiger partial charge in [0.1, 0.15) is 63.2 Å². The second-order valence-corrected chi connectivity index (χ2v) is 24.4. The van der Waals surface area contributed by atoms with Crippen LogP contribution >= 0.6 is 0 Å². The lowest BCUT2D eigenvalue weighted by molar-refractivity contribution is 0.0180. The van der Waals surface area contributed by atoms with Gasteiger partial charge in [0.25, 0.3) is 0 Å². The van der Waals surface area contributed by atoms with E-state index in [1.165, 1.54) is 0 Å². The van der Waals surface area contributed by atoms with E-state index in [0.29, 0.717) is 234 Å². The highest BCUT2D eigenvalue weighted by Crippen LogP contribution is 2.27. The van der Waals surface area contributed by atoms with Gasteiger partial charge in [-0.15, -0.1) is 10.7 Å². The fraction of sp³-hybridized carbons (Fsp3) is 0.522. The fourth-order valence-corrected chi connectivity index (χ4v) is 7.63. The Kier molecular flexibility index (Phi) is 39.1. The van der Waals surface area contributed by atoms with Gasteiger partial charge in [-0.3, -0.25) is 5.01 Å². The number of hydrogen-bond acceptors (Lipinski definition) is 18. The van der Waals surface area contributed by atoms with Gasteiger partial charge < -0.3 is 75.8 Å². The van der Waals surface area contributed by atoms with Gasteiger partial charge >= 0.3 is 0 Å². The standard InChI is InChI=1S/C67H91N3O16Si/c1-10-70(11-2)69-68-67-55-66(86-50-46-82-42-38-78-34-30-74-6)25-21-59(67)14-17-61-53-64(84-48-44-80-40-36-76-32-28-72-4)23-19-57(61)12-15-60-52-63(83-47-43-79-39-35-75-31-27-71-3)22-18-56(60)13-16-62-54-65(24-20-58(62)26-51-87(7,8)9)85-49-45-81-41-37-77-33-29-73-5/h18-25,52-55H,10-11,27-50H2,1-9H3. The van der Waals surface area contributed by atoms with E-state index >= 15 is 0 Å². The van der Waals surface area contributed by atoms with Gasteiger partial charge in [-0.1, -0.05) is 66.3 Å². The molecule has 0 aliphatic heterocycles. The van der Waals surface area contributed by atoms with Crippen LogP contribution in [0.25, 0.3) is 0 Å². The summed E-state index contributed by atoms with van der Waals surface area (Å²) in [5, 5.41) is 11.0. The van der Waals surface area contributed by atoms with Crippen LogP contribution < -0.4 is 18.9 Å². The van der Waals surface area contributed by atoms with E-state index in [-0.39, 0.29) is 0 Å². The third-order valence-electron chi connectivity index (χ3n) is 11.7. The van der Waals surface area contributed by atoms with Crippen LogP contribution in [0.2, 0.25) is 19.6 Å². The van der Waals surface area contributed by atoms with Crippen molar-refractivity contribution in [3.63, 3.8) is 0 Å². The number of rotatable bonds is 44. The van der Waals surface area contributed by atoms with Crippen molar-refractivity contribution in [2.75, 3.05) is 200 Å². The number of benzene rings is 4. The van der Waals surface area contributed by atoms with Gasteiger partial charge in [-0.2, -0.15) is 0 Å². The van der Waals surface area contributed by atoms with Crippen LogP contribution in [-0.4, -0.2) is 213 Å². The largest absolute Gasteiger partial charge is 0.491 e. The predicted molar refractivity (Wildman–Crippen MR) is 337 cm³/mol. The van der Waals surface area contributed by atoms with Crippen molar-refractivity contribution in [3.05, 3.63) is 112 Å². The molecular formula is C67H91N3O16Si.